The molecule has 0 aliphatic heterocycles. The van der Waals surface area contributed by atoms with Gasteiger partial charge >= 0.3 is 0 Å². The molecular weight excluding hydrogens is 387 g/mol. The molecule has 0 atom stereocenters. The fraction of sp³-hybridized carbons (Fsp3) is 0.158. The molecule has 0 saturated carbocycles. The lowest BCUT2D eigenvalue weighted by Crippen LogP contribution is -2.30. The van der Waals surface area contributed by atoms with Crippen LogP contribution >= 0.6 is 35.4 Å². The molecule has 1 heterocycles. The van der Waals surface area contributed by atoms with Crippen LogP contribution < -0.4 is 10.6 Å². The van der Waals surface area contributed by atoms with E-state index in [9.17, 15) is 0 Å². The average Bonchev–Trinajstić information content (AvgIpc) is 2.97. The summed E-state index contributed by atoms with van der Waals surface area (Å²) >= 11 is 17.5. The Balaban J connectivity index is 1.52. The Bertz CT molecular complexity index is 863. The fourth-order valence-electron chi connectivity index (χ4n) is 2.46. The third-order valence-corrected chi connectivity index (χ3v) is 4.52. The molecule has 0 saturated heterocycles. The van der Waals surface area contributed by atoms with Crippen molar-refractivity contribution in [2.45, 2.75) is 13.0 Å². The first-order valence-corrected chi connectivity index (χ1v) is 9.33. The fourth-order valence-corrected chi connectivity index (χ4v) is 2.98. The Hall–Kier alpha value is -2.08. The molecule has 0 unspecified atom stereocenters. The number of aromatic nitrogens is 2. The summed E-state index contributed by atoms with van der Waals surface area (Å²) in [6, 6.07) is 17.9. The molecule has 1 aromatic heterocycles. The van der Waals surface area contributed by atoms with Crippen LogP contribution in [0.1, 0.15) is 11.1 Å². The molecule has 0 amide bonds. The average molecular weight is 405 g/mol. The van der Waals surface area contributed by atoms with Gasteiger partial charge in [0.05, 0.1) is 6.54 Å². The van der Waals surface area contributed by atoms with Crippen molar-refractivity contribution >= 4 is 46.4 Å². The highest BCUT2D eigenvalue weighted by Gasteiger charge is 2.09. The van der Waals surface area contributed by atoms with Crippen molar-refractivity contribution in [1.29, 1.82) is 0 Å². The van der Waals surface area contributed by atoms with Gasteiger partial charge in [-0.1, -0.05) is 65.7 Å². The second-order valence-electron chi connectivity index (χ2n) is 5.77. The van der Waals surface area contributed by atoms with E-state index >= 15 is 0 Å². The molecule has 3 aromatic rings. The second kappa shape index (κ2) is 9.03. The van der Waals surface area contributed by atoms with E-state index in [4.69, 9.17) is 35.4 Å². The summed E-state index contributed by atoms with van der Waals surface area (Å²) in [5.41, 5.74) is 2.34. The van der Waals surface area contributed by atoms with Crippen LogP contribution in [0.25, 0.3) is 0 Å². The van der Waals surface area contributed by atoms with Crippen LogP contribution in [0.15, 0.2) is 60.8 Å². The van der Waals surface area contributed by atoms with Gasteiger partial charge in [-0.3, -0.25) is 4.68 Å². The Morgan fingerprint density at radius 1 is 1.00 bits per heavy atom. The van der Waals surface area contributed by atoms with Gasteiger partial charge in [0.1, 0.15) is 5.02 Å². The minimum Gasteiger partial charge on any atom is -0.362 e. The Kier molecular flexibility index (Phi) is 6.50. The summed E-state index contributed by atoms with van der Waals surface area (Å²) in [6.45, 7) is 1.34. The van der Waals surface area contributed by atoms with Gasteiger partial charge in [-0.15, -0.1) is 0 Å². The van der Waals surface area contributed by atoms with Gasteiger partial charge in [0.15, 0.2) is 10.9 Å². The predicted octanol–water partition coefficient (Wildman–Crippen LogP) is 4.77. The number of anilines is 1. The zero-order valence-electron chi connectivity index (χ0n) is 14.0. The lowest BCUT2D eigenvalue weighted by molar-refractivity contribution is 0.690. The molecule has 0 radical (unpaired) electrons. The topological polar surface area (TPSA) is 41.9 Å². The quantitative estimate of drug-likeness (QED) is 0.580. The van der Waals surface area contributed by atoms with Gasteiger partial charge in [-0.05, 0) is 41.9 Å². The number of halogens is 2. The molecule has 0 aliphatic carbocycles. The monoisotopic (exact) mass is 404 g/mol. The van der Waals surface area contributed by atoms with Gasteiger partial charge in [-0.2, -0.15) is 5.10 Å². The molecule has 134 valence electrons. The molecule has 26 heavy (non-hydrogen) atoms. The number of benzene rings is 2. The molecule has 4 nitrogen and oxygen atoms in total. The van der Waals surface area contributed by atoms with Crippen LogP contribution in [-0.4, -0.2) is 21.4 Å². The summed E-state index contributed by atoms with van der Waals surface area (Å²) in [5.74, 6) is 0.540. The minimum absolute atomic E-state index is 0.500. The number of nitrogens with one attached hydrogen (secondary N) is 2. The van der Waals surface area contributed by atoms with E-state index in [1.807, 2.05) is 42.5 Å². The molecule has 0 bridgehead atoms. The van der Waals surface area contributed by atoms with E-state index in [1.165, 1.54) is 5.56 Å². The zero-order valence-corrected chi connectivity index (χ0v) is 16.3. The standard InChI is InChI=1S/C19H18Cl2N4S/c20-16-8-6-15(7-9-16)12-25-13-17(21)18(24-25)23-19(26)22-11-10-14-4-2-1-3-5-14/h1-9,13H,10-12H2,(H2,22,23,24,26). The normalized spacial score (nSPS) is 10.5. The van der Waals surface area contributed by atoms with Crippen molar-refractivity contribution in [3.05, 3.63) is 82.0 Å². The van der Waals surface area contributed by atoms with Crippen LogP contribution in [0.3, 0.4) is 0 Å². The first-order valence-electron chi connectivity index (χ1n) is 8.16. The van der Waals surface area contributed by atoms with Crippen LogP contribution in [0.4, 0.5) is 5.82 Å². The SMILES string of the molecule is S=C(NCCc1ccccc1)Nc1nn(Cc2ccc(Cl)cc2)cc1Cl. The lowest BCUT2D eigenvalue weighted by Gasteiger charge is -2.09. The highest BCUT2D eigenvalue weighted by atomic mass is 35.5. The third kappa shape index (κ3) is 5.46. The molecule has 2 N–H and O–H groups in total. The van der Waals surface area contributed by atoms with Gasteiger partial charge < -0.3 is 10.6 Å². The number of hydrogen-bond acceptors (Lipinski definition) is 2. The first-order chi connectivity index (χ1) is 12.6. The van der Waals surface area contributed by atoms with E-state index in [2.05, 4.69) is 27.9 Å². The van der Waals surface area contributed by atoms with E-state index in [0.29, 0.717) is 27.5 Å². The summed E-state index contributed by atoms with van der Waals surface area (Å²) < 4.78 is 1.76. The summed E-state index contributed by atoms with van der Waals surface area (Å²) in [4.78, 5) is 0. The van der Waals surface area contributed by atoms with E-state index < -0.39 is 0 Å². The maximum atomic E-state index is 6.26. The Morgan fingerprint density at radius 3 is 2.46 bits per heavy atom. The number of hydrogen-bond donors (Lipinski definition) is 2. The number of nitrogens with zero attached hydrogens (tertiary/aromatic N) is 2. The maximum absolute atomic E-state index is 6.26. The van der Waals surface area contributed by atoms with Crippen molar-refractivity contribution < 1.29 is 0 Å². The van der Waals surface area contributed by atoms with Crippen LogP contribution in [0.2, 0.25) is 10.0 Å². The first kappa shape index (κ1) is 18.7. The Labute approximate surface area is 168 Å². The third-order valence-electron chi connectivity index (χ3n) is 3.75. The second-order valence-corrected chi connectivity index (χ2v) is 7.02. The van der Waals surface area contributed by atoms with E-state index in [1.54, 1.807) is 10.9 Å². The molecule has 0 spiro atoms. The van der Waals surface area contributed by atoms with Crippen LogP contribution in [0, 0.1) is 0 Å². The smallest absolute Gasteiger partial charge is 0.173 e. The highest BCUT2D eigenvalue weighted by Crippen LogP contribution is 2.20. The van der Waals surface area contributed by atoms with Crippen molar-refractivity contribution in [1.82, 2.24) is 15.1 Å². The largest absolute Gasteiger partial charge is 0.362 e. The Morgan fingerprint density at radius 2 is 1.73 bits per heavy atom. The van der Waals surface area contributed by atoms with Crippen molar-refractivity contribution in [3.8, 4) is 0 Å². The van der Waals surface area contributed by atoms with Gasteiger partial charge in [-0.25, -0.2) is 0 Å². The number of thiocarbonyl (C=S) groups is 1. The van der Waals surface area contributed by atoms with Gasteiger partial charge in [0.25, 0.3) is 0 Å². The van der Waals surface area contributed by atoms with Crippen molar-refractivity contribution in [2.75, 3.05) is 11.9 Å². The maximum Gasteiger partial charge on any atom is 0.173 e. The molecular formula is C19H18Cl2N4S. The zero-order chi connectivity index (χ0) is 18.4. The molecule has 2 aromatic carbocycles. The molecule has 0 fully saturated rings. The van der Waals surface area contributed by atoms with Crippen molar-refractivity contribution in [2.24, 2.45) is 0 Å². The summed E-state index contributed by atoms with van der Waals surface area (Å²) in [6.07, 6.45) is 2.66. The predicted molar refractivity (Wildman–Crippen MR) is 112 cm³/mol. The lowest BCUT2D eigenvalue weighted by atomic mass is 10.1. The molecule has 3 rings (SSSR count). The van der Waals surface area contributed by atoms with Crippen LogP contribution in [0.5, 0.6) is 0 Å². The van der Waals surface area contributed by atoms with Crippen LogP contribution in [-0.2, 0) is 13.0 Å². The van der Waals surface area contributed by atoms with Gasteiger partial charge in [0.2, 0.25) is 0 Å². The highest BCUT2D eigenvalue weighted by molar-refractivity contribution is 7.80. The number of rotatable bonds is 6. The summed E-state index contributed by atoms with van der Waals surface area (Å²) in [5, 5.41) is 12.4. The summed E-state index contributed by atoms with van der Waals surface area (Å²) in [7, 11) is 0. The minimum atomic E-state index is 0.500. The van der Waals surface area contributed by atoms with Crippen molar-refractivity contribution in [3.63, 3.8) is 0 Å². The van der Waals surface area contributed by atoms with E-state index in [-0.39, 0.29) is 0 Å². The molecule has 7 heteroatoms. The van der Waals surface area contributed by atoms with Gasteiger partial charge in [0, 0.05) is 17.8 Å². The van der Waals surface area contributed by atoms with E-state index in [0.717, 1.165) is 18.5 Å². The molecule has 0 aliphatic rings.